The summed E-state index contributed by atoms with van der Waals surface area (Å²) < 4.78 is 5.76. The lowest BCUT2D eigenvalue weighted by Crippen LogP contribution is -2.52. The third kappa shape index (κ3) is 4.71. The van der Waals surface area contributed by atoms with E-state index in [0.29, 0.717) is 6.04 Å². The van der Waals surface area contributed by atoms with Crippen molar-refractivity contribution >= 4 is 0 Å². The minimum absolute atomic E-state index is 0.131. The van der Waals surface area contributed by atoms with E-state index < -0.39 is 0 Å². The fourth-order valence-corrected chi connectivity index (χ4v) is 3.30. The first kappa shape index (κ1) is 15.2. The molecule has 2 heterocycles. The molecule has 0 aromatic rings. The third-order valence-corrected chi connectivity index (χ3v) is 4.33. The van der Waals surface area contributed by atoms with Crippen LogP contribution in [0, 0.1) is 5.41 Å². The van der Waals surface area contributed by atoms with Gasteiger partial charge in [-0.1, -0.05) is 13.8 Å². The van der Waals surface area contributed by atoms with Gasteiger partial charge in [0.25, 0.3) is 0 Å². The van der Waals surface area contributed by atoms with Gasteiger partial charge in [0.15, 0.2) is 0 Å². The van der Waals surface area contributed by atoms with Crippen molar-refractivity contribution in [2.24, 2.45) is 5.41 Å². The van der Waals surface area contributed by atoms with E-state index in [9.17, 15) is 5.11 Å². The van der Waals surface area contributed by atoms with Gasteiger partial charge in [-0.25, -0.2) is 0 Å². The third-order valence-electron chi connectivity index (χ3n) is 4.33. The molecule has 112 valence electrons. The number of nitrogens with zero attached hydrogens (tertiary/aromatic N) is 1. The van der Waals surface area contributed by atoms with Gasteiger partial charge in [0, 0.05) is 37.7 Å². The zero-order valence-electron chi connectivity index (χ0n) is 12.5. The Morgan fingerprint density at radius 1 is 1.42 bits per heavy atom. The van der Waals surface area contributed by atoms with Gasteiger partial charge in [-0.15, -0.1) is 0 Å². The number of likely N-dealkylation sites (tertiary alicyclic amines) is 1. The molecule has 2 fully saturated rings. The topological polar surface area (TPSA) is 44.7 Å². The van der Waals surface area contributed by atoms with Crippen molar-refractivity contribution in [1.29, 1.82) is 0 Å². The highest BCUT2D eigenvalue weighted by Gasteiger charge is 2.35. The lowest BCUT2D eigenvalue weighted by molar-refractivity contribution is -0.0394. The van der Waals surface area contributed by atoms with Crippen LogP contribution in [0.1, 0.15) is 39.5 Å². The van der Waals surface area contributed by atoms with Crippen LogP contribution in [0.5, 0.6) is 0 Å². The molecule has 4 heteroatoms. The summed E-state index contributed by atoms with van der Waals surface area (Å²) in [6, 6.07) is 0.519. The van der Waals surface area contributed by atoms with E-state index in [-0.39, 0.29) is 11.5 Å². The number of β-amino-alcohol motifs (C(OH)–C–C–N with tert-alkyl or cyclic N) is 1. The number of piperidine rings is 1. The maximum absolute atomic E-state index is 9.82. The van der Waals surface area contributed by atoms with Gasteiger partial charge in [-0.3, -0.25) is 0 Å². The lowest BCUT2D eigenvalue weighted by atomic mass is 9.81. The smallest absolute Gasteiger partial charge is 0.0667 e. The molecule has 2 aliphatic rings. The van der Waals surface area contributed by atoms with E-state index in [1.807, 2.05) is 0 Å². The van der Waals surface area contributed by atoms with Crippen molar-refractivity contribution in [3.05, 3.63) is 0 Å². The van der Waals surface area contributed by atoms with E-state index in [2.05, 4.69) is 24.1 Å². The molecule has 0 spiro atoms. The summed E-state index contributed by atoms with van der Waals surface area (Å²) in [5, 5.41) is 13.4. The monoisotopic (exact) mass is 270 g/mol. The number of hydrogen-bond donors (Lipinski definition) is 2. The Balaban J connectivity index is 1.92. The second-order valence-electron chi connectivity index (χ2n) is 6.72. The van der Waals surface area contributed by atoms with Crippen molar-refractivity contribution in [3.8, 4) is 0 Å². The second kappa shape index (κ2) is 7.02. The van der Waals surface area contributed by atoms with E-state index >= 15 is 0 Å². The Kier molecular flexibility index (Phi) is 5.63. The molecule has 0 amide bonds. The first-order valence-corrected chi connectivity index (χ1v) is 7.81. The summed E-state index contributed by atoms with van der Waals surface area (Å²) in [7, 11) is 0. The van der Waals surface area contributed by atoms with Crippen molar-refractivity contribution in [1.82, 2.24) is 10.2 Å². The van der Waals surface area contributed by atoms with Crippen LogP contribution in [0.15, 0.2) is 0 Å². The van der Waals surface area contributed by atoms with E-state index in [0.717, 1.165) is 58.7 Å². The number of nitrogens with one attached hydrogen (secondary N) is 1. The molecule has 2 atom stereocenters. The summed E-state index contributed by atoms with van der Waals surface area (Å²) in [6.45, 7) is 10.2. The molecule has 0 aliphatic carbocycles. The quantitative estimate of drug-likeness (QED) is 0.789. The number of hydrogen-bond acceptors (Lipinski definition) is 4. The molecule has 2 unspecified atom stereocenters. The van der Waals surface area contributed by atoms with Crippen LogP contribution in [0.25, 0.3) is 0 Å². The van der Waals surface area contributed by atoms with Crippen LogP contribution in [-0.2, 0) is 4.74 Å². The van der Waals surface area contributed by atoms with Gasteiger partial charge in [-0.2, -0.15) is 0 Å². The summed E-state index contributed by atoms with van der Waals surface area (Å²) >= 11 is 0. The van der Waals surface area contributed by atoms with Crippen LogP contribution in [0.2, 0.25) is 0 Å². The highest BCUT2D eigenvalue weighted by molar-refractivity contribution is 4.89. The average Bonchev–Trinajstić information content (AvgIpc) is 2.38. The minimum Gasteiger partial charge on any atom is -0.392 e. The molecule has 4 nitrogen and oxygen atoms in total. The standard InChI is InChI=1S/C15H30N2O2/c1-13(2)16-10-15(6-4-8-19-12-15)11-17-7-3-5-14(18)9-17/h13-14,16,18H,3-12H2,1-2H3. The maximum Gasteiger partial charge on any atom is 0.0667 e. The van der Waals surface area contributed by atoms with E-state index in [1.165, 1.54) is 6.42 Å². The molecule has 2 saturated heterocycles. The van der Waals surface area contributed by atoms with Crippen molar-refractivity contribution < 1.29 is 9.84 Å². The highest BCUT2D eigenvalue weighted by atomic mass is 16.5. The molecule has 0 radical (unpaired) electrons. The molecule has 2 aliphatic heterocycles. The summed E-state index contributed by atoms with van der Waals surface area (Å²) in [6.07, 6.45) is 4.35. The fraction of sp³-hybridized carbons (Fsp3) is 1.00. The Bertz CT molecular complexity index is 265. The van der Waals surface area contributed by atoms with Crippen LogP contribution in [-0.4, -0.2) is 61.5 Å². The molecule has 0 aromatic carbocycles. The predicted molar refractivity (Wildman–Crippen MR) is 77.3 cm³/mol. The van der Waals surface area contributed by atoms with Gasteiger partial charge < -0.3 is 20.1 Å². The largest absolute Gasteiger partial charge is 0.392 e. The van der Waals surface area contributed by atoms with Crippen molar-refractivity contribution in [3.63, 3.8) is 0 Å². The minimum atomic E-state index is -0.131. The highest BCUT2D eigenvalue weighted by Crippen LogP contribution is 2.30. The van der Waals surface area contributed by atoms with Crippen LogP contribution >= 0.6 is 0 Å². The fourth-order valence-electron chi connectivity index (χ4n) is 3.30. The molecule has 2 rings (SSSR count). The summed E-state index contributed by atoms with van der Waals surface area (Å²) in [5.74, 6) is 0. The first-order valence-electron chi connectivity index (χ1n) is 7.81. The summed E-state index contributed by atoms with van der Waals surface area (Å²) in [5.41, 5.74) is 0.236. The molecule has 0 aromatic heterocycles. The Morgan fingerprint density at radius 3 is 2.89 bits per heavy atom. The molecule has 2 N–H and O–H groups in total. The average molecular weight is 270 g/mol. The Morgan fingerprint density at radius 2 is 2.26 bits per heavy atom. The first-order chi connectivity index (χ1) is 9.10. The number of ether oxygens (including phenoxy) is 1. The van der Waals surface area contributed by atoms with Gasteiger partial charge in [0.2, 0.25) is 0 Å². The number of aliphatic hydroxyl groups is 1. The summed E-state index contributed by atoms with van der Waals surface area (Å²) in [4.78, 5) is 2.44. The molecular formula is C15H30N2O2. The van der Waals surface area contributed by atoms with Gasteiger partial charge in [0.05, 0.1) is 12.7 Å². The van der Waals surface area contributed by atoms with Crippen molar-refractivity contribution in [2.45, 2.75) is 51.7 Å². The normalized spacial score (nSPS) is 33.8. The molecule has 19 heavy (non-hydrogen) atoms. The predicted octanol–water partition coefficient (Wildman–Crippen LogP) is 1.24. The van der Waals surface area contributed by atoms with Crippen LogP contribution < -0.4 is 5.32 Å². The van der Waals surface area contributed by atoms with Crippen LogP contribution in [0.3, 0.4) is 0 Å². The SMILES string of the molecule is CC(C)NCC1(CN2CCCC(O)C2)CCCOC1. The zero-order chi connectivity index (χ0) is 13.7. The molecule has 0 saturated carbocycles. The lowest BCUT2D eigenvalue weighted by Gasteiger charge is -2.43. The maximum atomic E-state index is 9.82. The van der Waals surface area contributed by atoms with E-state index in [4.69, 9.17) is 4.74 Å². The van der Waals surface area contributed by atoms with Gasteiger partial charge >= 0.3 is 0 Å². The van der Waals surface area contributed by atoms with E-state index in [1.54, 1.807) is 0 Å². The number of aliphatic hydroxyl groups excluding tert-OH is 1. The Labute approximate surface area is 117 Å². The zero-order valence-corrected chi connectivity index (χ0v) is 12.5. The van der Waals surface area contributed by atoms with Crippen molar-refractivity contribution in [2.75, 3.05) is 39.4 Å². The van der Waals surface area contributed by atoms with Crippen LogP contribution in [0.4, 0.5) is 0 Å². The molecule has 0 bridgehead atoms. The number of rotatable bonds is 5. The van der Waals surface area contributed by atoms with Gasteiger partial charge in [0.1, 0.15) is 0 Å². The Hall–Kier alpha value is -0.160. The van der Waals surface area contributed by atoms with Gasteiger partial charge in [-0.05, 0) is 32.2 Å². The molecular weight excluding hydrogens is 240 g/mol. The second-order valence-corrected chi connectivity index (χ2v) is 6.72.